The molecule has 1 aliphatic heterocycles. The highest BCUT2D eigenvalue weighted by molar-refractivity contribution is 5.76. The Morgan fingerprint density at radius 2 is 1.70 bits per heavy atom. The molecule has 0 bridgehead atoms. The number of amides is 2. The largest absolute Gasteiger partial charge is 0.451 e. The molecule has 12 nitrogen and oxygen atoms in total. The van der Waals surface area contributed by atoms with Gasteiger partial charge in [-0.15, -0.1) is 0 Å². The van der Waals surface area contributed by atoms with Crippen LogP contribution in [0.4, 0.5) is 22.4 Å². The van der Waals surface area contributed by atoms with Crippen molar-refractivity contribution in [2.24, 2.45) is 0 Å². The van der Waals surface area contributed by atoms with Gasteiger partial charge in [-0.25, -0.2) is 10.2 Å². The lowest BCUT2D eigenvalue weighted by atomic mass is 10.1. The lowest BCUT2D eigenvalue weighted by Crippen LogP contribution is -2.53. The number of unbranched alkanes of at least 4 members (excludes halogenated alkanes) is 1. The van der Waals surface area contributed by atoms with Gasteiger partial charge in [0, 0.05) is 18.7 Å². The molecular weight excluding hydrogens is 356 g/mol. The Labute approximate surface area is 156 Å². The first-order valence-electron chi connectivity index (χ1n) is 8.56. The summed E-state index contributed by atoms with van der Waals surface area (Å²) in [6, 6.07) is -0.472. The molecule has 10 N–H and O–H groups in total. The monoisotopic (exact) mass is 382 g/mol. The number of nitrogens with two attached hydrogens (primary N) is 3. The minimum Gasteiger partial charge on any atom is -0.451 e. The number of rotatable bonds is 10. The van der Waals surface area contributed by atoms with E-state index in [1.165, 1.54) is 0 Å². The zero-order valence-corrected chi connectivity index (χ0v) is 14.9. The number of carbonyl (C=O) groups excluding carboxylic acids is 1. The maximum Gasteiger partial charge on any atom is 0.340 e. The molecule has 0 radical (unpaired) electrons. The molecule has 1 aliphatic rings. The number of hydrazine groups is 1. The number of aromatic nitrogens is 2. The third-order valence-electron chi connectivity index (χ3n) is 3.98. The quantitative estimate of drug-likeness (QED) is 0.194. The summed E-state index contributed by atoms with van der Waals surface area (Å²) in [7, 11) is 0. The third-order valence-corrected chi connectivity index (χ3v) is 3.98. The maximum absolute atomic E-state index is 11.7. The van der Waals surface area contributed by atoms with Crippen LogP contribution in [-0.4, -0.2) is 51.2 Å². The van der Waals surface area contributed by atoms with Crippen molar-refractivity contribution in [1.82, 2.24) is 25.7 Å². The first kappa shape index (κ1) is 20.3. The van der Waals surface area contributed by atoms with Gasteiger partial charge in [0.05, 0.1) is 5.70 Å². The van der Waals surface area contributed by atoms with Crippen LogP contribution in [0.3, 0.4) is 0 Å². The summed E-state index contributed by atoms with van der Waals surface area (Å²) in [4.78, 5) is 19.5. The van der Waals surface area contributed by atoms with Crippen LogP contribution in [0, 0.1) is 0 Å². The summed E-state index contributed by atoms with van der Waals surface area (Å²) < 4.78 is 5.13. The van der Waals surface area contributed by atoms with Gasteiger partial charge in [-0.2, -0.15) is 9.97 Å². The molecule has 0 spiro atoms. The van der Waals surface area contributed by atoms with Crippen LogP contribution in [0.5, 0.6) is 0 Å². The van der Waals surface area contributed by atoms with E-state index in [0.29, 0.717) is 43.5 Å². The van der Waals surface area contributed by atoms with Crippen molar-refractivity contribution in [3.63, 3.8) is 0 Å². The predicted molar refractivity (Wildman–Crippen MR) is 98.1 cm³/mol. The number of nitrogens with zero attached hydrogens (tertiary/aromatic N) is 3. The van der Waals surface area contributed by atoms with Gasteiger partial charge in [-0.3, -0.25) is 10.3 Å². The van der Waals surface area contributed by atoms with Gasteiger partial charge in [0.25, 0.3) is 0 Å². The van der Waals surface area contributed by atoms with E-state index in [-0.39, 0.29) is 30.1 Å². The highest BCUT2D eigenvalue weighted by atomic mass is 16.6. The number of nitrogen functional groups attached to an aromatic ring is 3. The fourth-order valence-electron chi connectivity index (χ4n) is 2.76. The molecule has 0 unspecified atom stereocenters. The molecule has 1 aromatic rings. The molecule has 150 valence electrons. The minimum atomic E-state index is -0.567. The van der Waals surface area contributed by atoms with E-state index in [1.54, 1.807) is 5.01 Å². The standard InChI is InChI=1S/C15H26N8O4/c16-11-9(12(17)20-14(18)19-11)4-1-2-5-10-13(27-8-25)21-15(26)22-23(10)6-3-7-24/h24-25H,1-8H2,(H2,21,22,26)(H6,16,17,18,19,20). The topological polar surface area (TPSA) is 198 Å². The van der Waals surface area contributed by atoms with Crippen LogP contribution in [0.2, 0.25) is 0 Å². The predicted octanol–water partition coefficient (Wildman–Crippen LogP) is -1.02. The normalized spacial score (nSPS) is 14.1. The third kappa shape index (κ3) is 5.49. The van der Waals surface area contributed by atoms with Gasteiger partial charge in [-0.05, 0) is 32.1 Å². The minimum absolute atomic E-state index is 0.0149. The highest BCUT2D eigenvalue weighted by Gasteiger charge is 2.25. The molecule has 0 aromatic carbocycles. The van der Waals surface area contributed by atoms with Gasteiger partial charge in [0.15, 0.2) is 6.79 Å². The summed E-state index contributed by atoms with van der Waals surface area (Å²) in [6.07, 6.45) is 3.01. The van der Waals surface area contributed by atoms with Crippen LogP contribution >= 0.6 is 0 Å². The molecule has 1 aromatic heterocycles. The second-order valence-corrected chi connectivity index (χ2v) is 5.88. The van der Waals surface area contributed by atoms with E-state index < -0.39 is 12.8 Å². The molecule has 0 fully saturated rings. The van der Waals surface area contributed by atoms with Gasteiger partial charge < -0.3 is 32.2 Å². The number of hydrogen-bond acceptors (Lipinski definition) is 10. The Balaban J connectivity index is 2.01. The van der Waals surface area contributed by atoms with Crippen molar-refractivity contribution >= 4 is 23.6 Å². The molecule has 0 saturated heterocycles. The number of aliphatic hydroxyl groups is 2. The molecule has 0 atom stereocenters. The van der Waals surface area contributed by atoms with Crippen LogP contribution in [0.1, 0.15) is 31.2 Å². The summed E-state index contributed by atoms with van der Waals surface area (Å²) in [6.45, 7) is -0.176. The summed E-state index contributed by atoms with van der Waals surface area (Å²) in [5.74, 6) is 0.752. The van der Waals surface area contributed by atoms with Gasteiger partial charge >= 0.3 is 6.03 Å². The highest BCUT2D eigenvalue weighted by Crippen LogP contribution is 2.23. The zero-order chi connectivity index (χ0) is 19.8. The average molecular weight is 382 g/mol. The molecule has 0 aliphatic carbocycles. The molecular formula is C15H26N8O4. The second-order valence-electron chi connectivity index (χ2n) is 5.88. The van der Waals surface area contributed by atoms with Crippen molar-refractivity contribution in [2.45, 2.75) is 32.1 Å². The number of ether oxygens (including phenoxy) is 1. The molecule has 0 saturated carbocycles. The summed E-state index contributed by atoms with van der Waals surface area (Å²) in [5, 5.41) is 22.2. The van der Waals surface area contributed by atoms with Crippen LogP contribution < -0.4 is 27.9 Å². The molecule has 2 heterocycles. The fraction of sp³-hybridized carbons (Fsp3) is 0.533. The van der Waals surface area contributed by atoms with Gasteiger partial charge in [0.2, 0.25) is 11.8 Å². The van der Waals surface area contributed by atoms with Crippen molar-refractivity contribution in [2.75, 3.05) is 37.1 Å². The number of allylic oxidation sites excluding steroid dienone is 1. The molecule has 12 heteroatoms. The Hall–Kier alpha value is -2.99. The second kappa shape index (κ2) is 9.64. The molecule has 2 rings (SSSR count). The van der Waals surface area contributed by atoms with Crippen molar-refractivity contribution in [3.05, 3.63) is 17.1 Å². The molecule has 27 heavy (non-hydrogen) atoms. The van der Waals surface area contributed by atoms with Crippen molar-refractivity contribution in [3.8, 4) is 0 Å². The number of carbonyl (C=O) groups is 1. The van der Waals surface area contributed by atoms with E-state index in [1.807, 2.05) is 0 Å². The number of hydrogen-bond donors (Lipinski definition) is 7. The Morgan fingerprint density at radius 1 is 1.04 bits per heavy atom. The van der Waals surface area contributed by atoms with Gasteiger partial charge in [-0.1, -0.05) is 0 Å². The van der Waals surface area contributed by atoms with Crippen molar-refractivity contribution in [1.29, 1.82) is 0 Å². The maximum atomic E-state index is 11.7. The lowest BCUT2D eigenvalue weighted by Gasteiger charge is -2.33. The van der Waals surface area contributed by atoms with Crippen LogP contribution in [-0.2, 0) is 11.2 Å². The Morgan fingerprint density at radius 3 is 2.33 bits per heavy atom. The van der Waals surface area contributed by atoms with Crippen molar-refractivity contribution < 1.29 is 19.7 Å². The zero-order valence-electron chi connectivity index (χ0n) is 14.9. The van der Waals surface area contributed by atoms with E-state index in [2.05, 4.69) is 20.7 Å². The van der Waals surface area contributed by atoms with E-state index in [9.17, 15) is 4.79 Å². The summed E-state index contributed by atoms with van der Waals surface area (Å²) >= 11 is 0. The lowest BCUT2D eigenvalue weighted by molar-refractivity contribution is 0.0229. The van der Waals surface area contributed by atoms with E-state index >= 15 is 0 Å². The number of anilines is 3. The first-order chi connectivity index (χ1) is 13.0. The molecule has 2 amide bonds. The van der Waals surface area contributed by atoms with E-state index in [4.69, 9.17) is 32.2 Å². The average Bonchev–Trinajstić information content (AvgIpc) is 2.60. The smallest absolute Gasteiger partial charge is 0.340 e. The number of urea groups is 1. The van der Waals surface area contributed by atoms with E-state index in [0.717, 1.165) is 6.42 Å². The first-order valence-corrected chi connectivity index (χ1v) is 8.56. The Bertz CT molecular complexity index is 673. The van der Waals surface area contributed by atoms with Gasteiger partial charge in [0.1, 0.15) is 11.6 Å². The van der Waals surface area contributed by atoms with Crippen LogP contribution in [0.15, 0.2) is 11.6 Å². The fourth-order valence-corrected chi connectivity index (χ4v) is 2.76. The SMILES string of the molecule is Nc1nc(N)c(CCCCC2=C(OCO)NC(=O)NN2CCCO)c(N)n1. The number of aliphatic hydroxyl groups excluding tert-OH is 2. The number of nitrogens with one attached hydrogen (secondary N) is 2. The van der Waals surface area contributed by atoms with Crippen LogP contribution in [0.25, 0.3) is 0 Å². The Kier molecular flexibility index (Phi) is 7.25. The summed E-state index contributed by atoms with van der Waals surface area (Å²) in [5.41, 5.74) is 21.2.